The normalized spacial score (nSPS) is 24.3. The van der Waals surface area contributed by atoms with Gasteiger partial charge in [-0.25, -0.2) is 17.6 Å². The van der Waals surface area contributed by atoms with E-state index in [1.54, 1.807) is 6.08 Å². The smallest absolute Gasteiger partial charge is 0.313 e. The van der Waals surface area contributed by atoms with Gasteiger partial charge in [-0.3, -0.25) is 0 Å². The van der Waals surface area contributed by atoms with Crippen LogP contribution in [0.3, 0.4) is 0 Å². The molecule has 2 aliphatic rings. The number of allylic oxidation sites excluding steroid dienone is 3. The fraction of sp³-hybridized carbons (Fsp3) is 0.515. The van der Waals surface area contributed by atoms with Gasteiger partial charge in [0.15, 0.2) is 17.5 Å². The van der Waals surface area contributed by atoms with Crippen LogP contribution in [0.15, 0.2) is 48.6 Å². The van der Waals surface area contributed by atoms with Gasteiger partial charge < -0.3 is 4.74 Å². The minimum Gasteiger partial charge on any atom is -0.313 e. The summed E-state index contributed by atoms with van der Waals surface area (Å²) in [5.74, 6) is -3.33. The summed E-state index contributed by atoms with van der Waals surface area (Å²) in [4.78, 5) is 0. The van der Waals surface area contributed by atoms with Crippen molar-refractivity contribution >= 4 is 6.08 Å². The lowest BCUT2D eigenvalue weighted by Gasteiger charge is -2.33. The molecule has 0 saturated heterocycles. The Hall–Kier alpha value is -2.54. The first-order valence-electron chi connectivity index (χ1n) is 14.4. The molecular weight excluding hydrogens is 526 g/mol. The van der Waals surface area contributed by atoms with Crippen molar-refractivity contribution in [2.75, 3.05) is 0 Å². The van der Waals surface area contributed by atoms with Crippen LogP contribution in [0.4, 0.5) is 26.3 Å². The lowest BCUT2D eigenvalue weighted by atomic mass is 9.77. The van der Waals surface area contributed by atoms with Crippen molar-refractivity contribution in [2.24, 2.45) is 17.8 Å². The average molecular weight is 565 g/mol. The summed E-state index contributed by atoms with van der Waals surface area (Å²) in [6.45, 7) is 1.85. The quantitative estimate of drug-likeness (QED) is 0.158. The summed E-state index contributed by atoms with van der Waals surface area (Å²) in [5, 5.41) is 0. The first-order valence-corrected chi connectivity index (χ1v) is 14.4. The fourth-order valence-corrected chi connectivity index (χ4v) is 6.05. The van der Waals surface area contributed by atoms with Crippen molar-refractivity contribution in [2.45, 2.75) is 89.8 Å². The lowest BCUT2D eigenvalue weighted by molar-refractivity contribution is -0.279. The second kappa shape index (κ2) is 13.9. The monoisotopic (exact) mass is 564 g/mol. The number of ether oxygens (including phenoxy) is 1. The molecule has 2 fully saturated rings. The molecule has 0 atom stereocenters. The van der Waals surface area contributed by atoms with Crippen LogP contribution in [0.5, 0.6) is 0 Å². The molecule has 2 aromatic carbocycles. The van der Waals surface area contributed by atoms with Crippen molar-refractivity contribution in [3.8, 4) is 0 Å². The number of alkyl halides is 2. The lowest BCUT2D eigenvalue weighted by Crippen LogP contribution is -2.30. The molecule has 7 heteroatoms. The molecule has 0 radical (unpaired) electrons. The largest absolute Gasteiger partial charge is 0.386 e. The third-order valence-electron chi connectivity index (χ3n) is 8.49. The van der Waals surface area contributed by atoms with E-state index in [1.165, 1.54) is 6.07 Å². The van der Waals surface area contributed by atoms with E-state index in [4.69, 9.17) is 4.74 Å². The number of benzene rings is 2. The molecule has 1 nitrogen and oxygen atoms in total. The molecule has 0 amide bonds. The predicted octanol–water partition coefficient (Wildman–Crippen LogP) is 10.3. The zero-order valence-corrected chi connectivity index (χ0v) is 23.0. The van der Waals surface area contributed by atoms with Crippen molar-refractivity contribution in [3.05, 3.63) is 88.5 Å². The van der Waals surface area contributed by atoms with Gasteiger partial charge in [0.2, 0.25) is 0 Å². The maximum absolute atomic E-state index is 14.8. The van der Waals surface area contributed by atoms with Crippen LogP contribution in [0.25, 0.3) is 6.08 Å². The zero-order valence-electron chi connectivity index (χ0n) is 23.0. The highest BCUT2D eigenvalue weighted by Gasteiger charge is 2.39. The van der Waals surface area contributed by atoms with Crippen LogP contribution < -0.4 is 0 Å². The van der Waals surface area contributed by atoms with Crippen molar-refractivity contribution < 1.29 is 31.1 Å². The third kappa shape index (κ3) is 8.25. The summed E-state index contributed by atoms with van der Waals surface area (Å²) in [7, 11) is 0. The van der Waals surface area contributed by atoms with Gasteiger partial charge >= 0.3 is 6.11 Å². The number of halogens is 6. The van der Waals surface area contributed by atoms with Gasteiger partial charge in [0.1, 0.15) is 5.82 Å². The molecule has 40 heavy (non-hydrogen) atoms. The van der Waals surface area contributed by atoms with E-state index in [2.05, 4.69) is 0 Å². The van der Waals surface area contributed by atoms with Gasteiger partial charge in [-0.05, 0) is 118 Å². The molecule has 0 unspecified atom stereocenters. The highest BCUT2D eigenvalue weighted by Crippen LogP contribution is 2.40. The Morgan fingerprint density at radius 3 is 1.98 bits per heavy atom. The molecule has 0 bridgehead atoms. The summed E-state index contributed by atoms with van der Waals surface area (Å²) in [6, 6.07) is 5.81. The van der Waals surface area contributed by atoms with E-state index in [-0.39, 0.29) is 0 Å². The Bertz CT molecular complexity index is 1150. The second-order valence-electron chi connectivity index (χ2n) is 11.4. The minimum absolute atomic E-state index is 0.318. The van der Waals surface area contributed by atoms with Crippen LogP contribution >= 0.6 is 0 Å². The number of hydrogen-bond acceptors (Lipinski definition) is 1. The maximum atomic E-state index is 14.8. The Morgan fingerprint density at radius 1 is 0.800 bits per heavy atom. The highest BCUT2D eigenvalue weighted by molar-refractivity contribution is 5.49. The molecule has 218 valence electrons. The van der Waals surface area contributed by atoms with E-state index in [0.717, 1.165) is 75.6 Å². The number of rotatable bonds is 10. The summed E-state index contributed by atoms with van der Waals surface area (Å²) < 4.78 is 89.1. The highest BCUT2D eigenvalue weighted by atomic mass is 19.3. The van der Waals surface area contributed by atoms with E-state index in [9.17, 15) is 26.3 Å². The predicted molar refractivity (Wildman–Crippen MR) is 146 cm³/mol. The third-order valence-corrected chi connectivity index (χ3v) is 8.49. The summed E-state index contributed by atoms with van der Waals surface area (Å²) in [5.41, 5.74) is 0.249. The average Bonchev–Trinajstić information content (AvgIpc) is 2.93. The zero-order chi connectivity index (χ0) is 28.7. The SMILES string of the molecule is C/C=C\Cc1ccc(C(F)(F)OC2CCC(CCC3CCC(/C=C/c4cc(F)c(F)c(F)c4)CC3)CC2)c(F)c1. The molecule has 0 heterocycles. The first-order chi connectivity index (χ1) is 19.1. The van der Waals surface area contributed by atoms with Crippen LogP contribution in [-0.2, 0) is 17.3 Å². The Kier molecular flexibility index (Phi) is 10.6. The molecule has 2 aromatic rings. The standard InChI is InChI=1S/C33H38F6O/c1-2-3-4-25-15-18-28(29(34)19-25)33(38,39)40-27-16-13-24(14-17-27)10-9-22-5-7-23(8-6-22)11-12-26-20-30(35)32(37)31(36)21-26/h2-3,11-12,15,18-24,27H,4-10,13-14,16-17H2,1H3/b3-2-,12-11+. The molecule has 0 aliphatic heterocycles. The van der Waals surface area contributed by atoms with Crippen LogP contribution in [0.1, 0.15) is 87.8 Å². The Balaban J connectivity index is 1.16. The van der Waals surface area contributed by atoms with Crippen LogP contribution in [0, 0.1) is 41.0 Å². The van der Waals surface area contributed by atoms with Gasteiger partial charge in [-0.2, -0.15) is 8.78 Å². The van der Waals surface area contributed by atoms with Crippen molar-refractivity contribution in [1.29, 1.82) is 0 Å². The van der Waals surface area contributed by atoms with E-state index in [0.29, 0.717) is 48.1 Å². The molecule has 0 N–H and O–H groups in total. The van der Waals surface area contributed by atoms with Gasteiger partial charge in [0.25, 0.3) is 0 Å². The maximum Gasteiger partial charge on any atom is 0.386 e. The van der Waals surface area contributed by atoms with E-state index < -0.39 is 41.0 Å². The van der Waals surface area contributed by atoms with Crippen molar-refractivity contribution in [3.63, 3.8) is 0 Å². The van der Waals surface area contributed by atoms with E-state index in [1.807, 2.05) is 25.2 Å². The Labute approximate surface area is 233 Å². The van der Waals surface area contributed by atoms with Gasteiger partial charge in [0, 0.05) is 0 Å². The van der Waals surface area contributed by atoms with Gasteiger partial charge in [-0.1, -0.05) is 43.2 Å². The van der Waals surface area contributed by atoms with E-state index >= 15 is 0 Å². The molecule has 2 saturated carbocycles. The molecule has 0 spiro atoms. The van der Waals surface area contributed by atoms with Crippen molar-refractivity contribution in [1.82, 2.24) is 0 Å². The summed E-state index contributed by atoms with van der Waals surface area (Å²) in [6.07, 6.45) is 12.6. The fourth-order valence-electron chi connectivity index (χ4n) is 6.05. The summed E-state index contributed by atoms with van der Waals surface area (Å²) >= 11 is 0. The van der Waals surface area contributed by atoms with Gasteiger partial charge in [-0.15, -0.1) is 0 Å². The molecular formula is C33H38F6O. The molecule has 4 rings (SSSR count). The number of hydrogen-bond donors (Lipinski definition) is 0. The molecule has 0 aromatic heterocycles. The second-order valence-corrected chi connectivity index (χ2v) is 11.4. The van der Waals surface area contributed by atoms with Gasteiger partial charge in [0.05, 0.1) is 11.7 Å². The first kappa shape index (κ1) is 30.4. The minimum atomic E-state index is -3.66. The van der Waals surface area contributed by atoms with Crippen LogP contribution in [-0.4, -0.2) is 6.10 Å². The van der Waals surface area contributed by atoms with Crippen LogP contribution in [0.2, 0.25) is 0 Å². The molecule has 2 aliphatic carbocycles. The Morgan fingerprint density at radius 2 is 1.40 bits per heavy atom. The topological polar surface area (TPSA) is 9.23 Å².